The van der Waals surface area contributed by atoms with Crippen molar-refractivity contribution in [2.45, 2.75) is 19.8 Å². The summed E-state index contributed by atoms with van der Waals surface area (Å²) in [6, 6.07) is 13.8. The van der Waals surface area contributed by atoms with Crippen LogP contribution in [0.5, 0.6) is 0 Å². The molecule has 122 valence electrons. The lowest BCUT2D eigenvalue weighted by atomic mass is 10.2. The van der Waals surface area contributed by atoms with Crippen molar-refractivity contribution in [3.05, 3.63) is 48.2 Å². The van der Waals surface area contributed by atoms with Crippen molar-refractivity contribution in [3.63, 3.8) is 0 Å². The standard InChI is InChI=1S/C18H19N5O/c1-13-11-16(22-24-13)19-15-12-17(23-9-5-6-10-23)21-18(20-15)14-7-3-2-4-8-14/h2-4,7-8,11-12H,5-6,9-10H2,1H3,(H,19,20,21,22). The van der Waals surface area contributed by atoms with Gasteiger partial charge in [-0.15, -0.1) is 0 Å². The molecule has 4 rings (SSSR count). The molecule has 3 heterocycles. The highest BCUT2D eigenvalue weighted by Crippen LogP contribution is 2.26. The van der Waals surface area contributed by atoms with Crippen molar-refractivity contribution in [2.24, 2.45) is 0 Å². The van der Waals surface area contributed by atoms with E-state index < -0.39 is 0 Å². The highest BCUT2D eigenvalue weighted by molar-refractivity contribution is 5.64. The van der Waals surface area contributed by atoms with E-state index in [1.54, 1.807) is 0 Å². The van der Waals surface area contributed by atoms with E-state index in [0.717, 1.165) is 36.0 Å². The molecule has 1 N–H and O–H groups in total. The number of aryl methyl sites for hydroxylation is 1. The third-order valence-corrected chi connectivity index (χ3v) is 4.06. The molecule has 6 heteroatoms. The quantitative estimate of drug-likeness (QED) is 0.788. The zero-order chi connectivity index (χ0) is 16.4. The summed E-state index contributed by atoms with van der Waals surface area (Å²) in [6.07, 6.45) is 2.41. The molecule has 0 amide bonds. The Morgan fingerprint density at radius 2 is 1.79 bits per heavy atom. The summed E-state index contributed by atoms with van der Waals surface area (Å²) < 4.78 is 5.12. The fourth-order valence-electron chi connectivity index (χ4n) is 2.88. The van der Waals surface area contributed by atoms with Gasteiger partial charge >= 0.3 is 0 Å². The normalized spacial score (nSPS) is 14.1. The number of nitrogens with zero attached hydrogens (tertiary/aromatic N) is 4. The Balaban J connectivity index is 1.73. The Kier molecular flexibility index (Phi) is 3.86. The van der Waals surface area contributed by atoms with Gasteiger partial charge < -0.3 is 14.7 Å². The lowest BCUT2D eigenvalue weighted by Gasteiger charge is -2.18. The molecule has 0 unspecified atom stereocenters. The summed E-state index contributed by atoms with van der Waals surface area (Å²) in [6.45, 7) is 3.94. The molecule has 0 atom stereocenters. The lowest BCUT2D eigenvalue weighted by Crippen LogP contribution is -2.19. The number of hydrogen-bond donors (Lipinski definition) is 1. The van der Waals surface area contributed by atoms with Crippen molar-refractivity contribution in [1.29, 1.82) is 0 Å². The van der Waals surface area contributed by atoms with Crippen LogP contribution >= 0.6 is 0 Å². The molecule has 0 radical (unpaired) electrons. The van der Waals surface area contributed by atoms with Crippen molar-refractivity contribution < 1.29 is 4.52 Å². The summed E-state index contributed by atoms with van der Waals surface area (Å²) in [5.41, 5.74) is 0.998. The molecule has 0 spiro atoms. The molecular weight excluding hydrogens is 302 g/mol. The fraction of sp³-hybridized carbons (Fsp3) is 0.278. The second-order valence-electron chi connectivity index (χ2n) is 5.94. The minimum Gasteiger partial charge on any atom is -0.360 e. The molecule has 0 aliphatic carbocycles. The van der Waals surface area contributed by atoms with Crippen LogP contribution in [0.3, 0.4) is 0 Å². The van der Waals surface area contributed by atoms with Crippen LogP contribution < -0.4 is 10.2 Å². The maximum absolute atomic E-state index is 5.12. The molecule has 6 nitrogen and oxygen atoms in total. The van der Waals surface area contributed by atoms with E-state index in [1.165, 1.54) is 12.8 Å². The van der Waals surface area contributed by atoms with Gasteiger partial charge in [0, 0.05) is 30.8 Å². The van der Waals surface area contributed by atoms with Crippen LogP contribution in [0.2, 0.25) is 0 Å². The van der Waals surface area contributed by atoms with Gasteiger partial charge in [-0.25, -0.2) is 9.97 Å². The van der Waals surface area contributed by atoms with Crippen LogP contribution in [0.4, 0.5) is 17.5 Å². The topological polar surface area (TPSA) is 67.1 Å². The zero-order valence-corrected chi connectivity index (χ0v) is 13.6. The van der Waals surface area contributed by atoms with E-state index in [9.17, 15) is 0 Å². The van der Waals surface area contributed by atoms with Crippen LogP contribution in [0.1, 0.15) is 18.6 Å². The molecule has 2 aromatic heterocycles. The predicted octanol–water partition coefficient (Wildman–Crippen LogP) is 3.78. The summed E-state index contributed by atoms with van der Waals surface area (Å²) in [5.74, 6) is 3.79. The summed E-state index contributed by atoms with van der Waals surface area (Å²) in [4.78, 5) is 11.7. The zero-order valence-electron chi connectivity index (χ0n) is 13.6. The Morgan fingerprint density at radius 1 is 1.00 bits per heavy atom. The largest absolute Gasteiger partial charge is 0.360 e. The van der Waals surface area contributed by atoms with Crippen molar-refractivity contribution in [1.82, 2.24) is 15.1 Å². The van der Waals surface area contributed by atoms with Gasteiger partial charge in [-0.3, -0.25) is 0 Å². The maximum Gasteiger partial charge on any atom is 0.175 e. The summed E-state index contributed by atoms with van der Waals surface area (Å²) >= 11 is 0. The third-order valence-electron chi connectivity index (χ3n) is 4.06. The van der Waals surface area contributed by atoms with Gasteiger partial charge in [0.1, 0.15) is 17.4 Å². The number of rotatable bonds is 4. The molecule has 1 aliphatic rings. The SMILES string of the molecule is Cc1cc(Nc2cc(N3CCCC3)nc(-c3ccccc3)n2)no1. The van der Waals surface area contributed by atoms with E-state index in [4.69, 9.17) is 9.51 Å². The van der Waals surface area contributed by atoms with Crippen LogP contribution in [-0.2, 0) is 0 Å². The van der Waals surface area contributed by atoms with E-state index in [2.05, 4.69) is 20.4 Å². The van der Waals surface area contributed by atoms with Crippen molar-refractivity contribution in [3.8, 4) is 11.4 Å². The number of benzene rings is 1. The molecular formula is C18H19N5O. The van der Waals surface area contributed by atoms with Gasteiger partial charge in [-0.2, -0.15) is 0 Å². The van der Waals surface area contributed by atoms with Crippen LogP contribution in [0.25, 0.3) is 11.4 Å². The second kappa shape index (κ2) is 6.31. The minimum absolute atomic E-state index is 0.651. The number of hydrogen-bond acceptors (Lipinski definition) is 6. The Hall–Kier alpha value is -2.89. The minimum atomic E-state index is 0.651. The van der Waals surface area contributed by atoms with Gasteiger partial charge in [-0.05, 0) is 19.8 Å². The van der Waals surface area contributed by atoms with Gasteiger partial charge in [-0.1, -0.05) is 35.5 Å². The van der Waals surface area contributed by atoms with Gasteiger partial charge in [0.15, 0.2) is 11.6 Å². The summed E-state index contributed by atoms with van der Waals surface area (Å²) in [7, 11) is 0. The fourth-order valence-corrected chi connectivity index (χ4v) is 2.88. The number of anilines is 3. The van der Waals surface area contributed by atoms with Crippen LogP contribution in [0, 0.1) is 6.92 Å². The molecule has 1 aromatic carbocycles. The van der Waals surface area contributed by atoms with Crippen LogP contribution in [-0.4, -0.2) is 28.2 Å². The summed E-state index contributed by atoms with van der Waals surface area (Å²) in [5, 5.41) is 7.20. The molecule has 3 aromatic rings. The average Bonchev–Trinajstić information content (AvgIpc) is 3.27. The highest BCUT2D eigenvalue weighted by Gasteiger charge is 2.17. The van der Waals surface area contributed by atoms with Gasteiger partial charge in [0.05, 0.1) is 0 Å². The lowest BCUT2D eigenvalue weighted by molar-refractivity contribution is 0.400. The Labute approximate surface area is 140 Å². The smallest absolute Gasteiger partial charge is 0.175 e. The second-order valence-corrected chi connectivity index (χ2v) is 5.94. The average molecular weight is 321 g/mol. The van der Waals surface area contributed by atoms with Crippen molar-refractivity contribution in [2.75, 3.05) is 23.3 Å². The Morgan fingerprint density at radius 3 is 2.50 bits per heavy atom. The number of nitrogens with one attached hydrogen (secondary N) is 1. The first kappa shape index (κ1) is 14.7. The molecule has 1 saturated heterocycles. The van der Waals surface area contributed by atoms with Gasteiger partial charge in [0.25, 0.3) is 0 Å². The molecule has 24 heavy (non-hydrogen) atoms. The Bertz CT molecular complexity index is 824. The van der Waals surface area contributed by atoms with E-state index in [0.29, 0.717) is 11.6 Å². The first-order valence-electron chi connectivity index (χ1n) is 8.18. The van der Waals surface area contributed by atoms with Gasteiger partial charge in [0.2, 0.25) is 0 Å². The van der Waals surface area contributed by atoms with E-state index in [1.807, 2.05) is 49.4 Å². The molecule has 0 bridgehead atoms. The van der Waals surface area contributed by atoms with Crippen molar-refractivity contribution >= 4 is 17.5 Å². The van der Waals surface area contributed by atoms with E-state index in [-0.39, 0.29) is 0 Å². The first-order valence-corrected chi connectivity index (χ1v) is 8.18. The number of aromatic nitrogens is 3. The highest BCUT2D eigenvalue weighted by atomic mass is 16.5. The third kappa shape index (κ3) is 3.08. The molecule has 1 fully saturated rings. The molecule has 0 saturated carbocycles. The maximum atomic E-state index is 5.12. The monoisotopic (exact) mass is 321 g/mol. The van der Waals surface area contributed by atoms with E-state index >= 15 is 0 Å². The first-order chi connectivity index (χ1) is 11.8. The molecule has 1 aliphatic heterocycles. The van der Waals surface area contributed by atoms with Crippen LogP contribution in [0.15, 0.2) is 47.0 Å². The predicted molar refractivity (Wildman–Crippen MR) is 93.4 cm³/mol.